The monoisotopic (exact) mass is 445 g/mol. The van der Waals surface area contributed by atoms with Gasteiger partial charge in [-0.25, -0.2) is 4.79 Å². The van der Waals surface area contributed by atoms with E-state index >= 15 is 0 Å². The first-order valence-electron chi connectivity index (χ1n) is 10.6. The number of amides is 1. The summed E-state index contributed by atoms with van der Waals surface area (Å²) in [7, 11) is 1.59. The zero-order valence-corrected chi connectivity index (χ0v) is 19.2. The molecule has 0 saturated carbocycles. The molecular weight excluding hydrogens is 414 g/mol. The van der Waals surface area contributed by atoms with Crippen LogP contribution in [0.25, 0.3) is 0 Å². The number of benzene rings is 2. The van der Waals surface area contributed by atoms with Crippen LogP contribution in [0.5, 0.6) is 23.0 Å². The lowest BCUT2D eigenvalue weighted by molar-refractivity contribution is -0.124. The maximum Gasteiger partial charge on any atom is 0.338 e. The Balaban J connectivity index is 2.04. The number of rotatable bonds is 12. The molecule has 0 heterocycles. The van der Waals surface area contributed by atoms with Gasteiger partial charge in [-0.05, 0) is 57.5 Å². The van der Waals surface area contributed by atoms with Gasteiger partial charge in [0.2, 0.25) is 5.75 Å². The van der Waals surface area contributed by atoms with E-state index in [1.807, 2.05) is 52.0 Å². The molecule has 2 aromatic carbocycles. The van der Waals surface area contributed by atoms with E-state index in [4.69, 9.17) is 23.7 Å². The van der Waals surface area contributed by atoms with Crippen LogP contribution in [-0.2, 0) is 9.53 Å². The van der Waals surface area contributed by atoms with Crippen molar-refractivity contribution in [1.29, 1.82) is 0 Å². The summed E-state index contributed by atoms with van der Waals surface area (Å²) in [4.78, 5) is 24.9. The SMILES string of the molecule is CCOc1cc(C(=O)OCC(=O)N[C@H](C)c2ccc(OC)cc2)cc(OCC)c1OCC. The molecule has 0 fully saturated rings. The fourth-order valence-corrected chi connectivity index (χ4v) is 2.98. The summed E-state index contributed by atoms with van der Waals surface area (Å²) < 4.78 is 27.2. The molecule has 32 heavy (non-hydrogen) atoms. The second kappa shape index (κ2) is 12.4. The van der Waals surface area contributed by atoms with Crippen molar-refractivity contribution >= 4 is 11.9 Å². The summed E-state index contributed by atoms with van der Waals surface area (Å²) in [6.07, 6.45) is 0. The average molecular weight is 446 g/mol. The predicted molar refractivity (Wildman–Crippen MR) is 120 cm³/mol. The number of hydrogen-bond donors (Lipinski definition) is 1. The number of esters is 1. The summed E-state index contributed by atoms with van der Waals surface area (Å²) in [6.45, 7) is 8.11. The standard InChI is InChI=1S/C24H31NO7/c1-6-29-20-13-18(14-21(30-7-2)23(20)31-8-3)24(27)32-15-22(26)25-16(4)17-9-11-19(28-5)12-10-17/h9-14,16H,6-8,15H2,1-5H3,(H,25,26)/t16-/m1/s1. The molecule has 0 saturated heterocycles. The fourth-order valence-electron chi connectivity index (χ4n) is 2.98. The number of methoxy groups -OCH3 is 1. The maximum absolute atomic E-state index is 12.6. The van der Waals surface area contributed by atoms with E-state index in [1.54, 1.807) is 7.11 Å². The van der Waals surface area contributed by atoms with Gasteiger partial charge in [-0.3, -0.25) is 4.79 Å². The first-order valence-corrected chi connectivity index (χ1v) is 10.6. The minimum atomic E-state index is -0.665. The third-order valence-corrected chi connectivity index (χ3v) is 4.47. The van der Waals surface area contributed by atoms with Crippen LogP contribution in [0.3, 0.4) is 0 Å². The van der Waals surface area contributed by atoms with Crippen LogP contribution in [0, 0.1) is 0 Å². The number of nitrogens with one attached hydrogen (secondary N) is 1. The van der Waals surface area contributed by atoms with Crippen LogP contribution < -0.4 is 24.3 Å². The molecule has 8 heteroatoms. The van der Waals surface area contributed by atoms with E-state index in [2.05, 4.69) is 5.32 Å². The van der Waals surface area contributed by atoms with E-state index in [1.165, 1.54) is 12.1 Å². The van der Waals surface area contributed by atoms with Gasteiger partial charge in [-0.1, -0.05) is 12.1 Å². The van der Waals surface area contributed by atoms with Crippen molar-refractivity contribution in [3.05, 3.63) is 47.5 Å². The lowest BCUT2D eigenvalue weighted by Crippen LogP contribution is -2.31. The van der Waals surface area contributed by atoms with Crippen molar-refractivity contribution in [2.24, 2.45) is 0 Å². The number of hydrogen-bond acceptors (Lipinski definition) is 7. The van der Waals surface area contributed by atoms with Crippen LogP contribution in [0.4, 0.5) is 0 Å². The Bertz CT molecular complexity index is 869. The predicted octanol–water partition coefficient (Wildman–Crippen LogP) is 3.93. The molecule has 1 amide bonds. The lowest BCUT2D eigenvalue weighted by atomic mass is 10.1. The molecule has 2 aromatic rings. The Labute approximate surface area is 188 Å². The topological polar surface area (TPSA) is 92.3 Å². The van der Waals surface area contributed by atoms with Crippen molar-refractivity contribution in [2.75, 3.05) is 33.5 Å². The Morgan fingerprint density at radius 1 is 0.906 bits per heavy atom. The third kappa shape index (κ3) is 6.80. The summed E-state index contributed by atoms with van der Waals surface area (Å²) >= 11 is 0. The molecular formula is C24H31NO7. The van der Waals surface area contributed by atoms with Gasteiger partial charge in [-0.15, -0.1) is 0 Å². The molecule has 0 aliphatic rings. The molecule has 2 rings (SSSR count). The Morgan fingerprint density at radius 3 is 1.97 bits per heavy atom. The van der Waals surface area contributed by atoms with Crippen molar-refractivity contribution in [3.63, 3.8) is 0 Å². The maximum atomic E-state index is 12.6. The van der Waals surface area contributed by atoms with E-state index in [0.717, 1.165) is 11.3 Å². The molecule has 1 atom stereocenters. The molecule has 8 nitrogen and oxygen atoms in total. The molecule has 1 N–H and O–H groups in total. The Morgan fingerprint density at radius 2 is 1.47 bits per heavy atom. The number of carbonyl (C=O) groups excluding carboxylic acids is 2. The molecule has 174 valence electrons. The smallest absolute Gasteiger partial charge is 0.338 e. The molecule has 0 unspecified atom stereocenters. The fraction of sp³-hybridized carbons (Fsp3) is 0.417. The molecule has 0 spiro atoms. The van der Waals surface area contributed by atoms with Crippen LogP contribution in [0.1, 0.15) is 49.7 Å². The first kappa shape index (κ1) is 24.8. The number of carbonyl (C=O) groups is 2. The highest BCUT2D eigenvalue weighted by molar-refractivity contribution is 5.92. The summed E-state index contributed by atoms with van der Waals surface area (Å²) in [6, 6.07) is 10.1. The highest BCUT2D eigenvalue weighted by atomic mass is 16.5. The van der Waals surface area contributed by atoms with Crippen molar-refractivity contribution in [1.82, 2.24) is 5.32 Å². The zero-order chi connectivity index (χ0) is 23.5. The van der Waals surface area contributed by atoms with Gasteiger partial charge in [0, 0.05) is 0 Å². The van der Waals surface area contributed by atoms with Crippen LogP contribution in [-0.4, -0.2) is 45.4 Å². The molecule has 0 aromatic heterocycles. The van der Waals surface area contributed by atoms with E-state index < -0.39 is 18.5 Å². The third-order valence-electron chi connectivity index (χ3n) is 4.47. The second-order valence-electron chi connectivity index (χ2n) is 6.74. The van der Waals surface area contributed by atoms with E-state index in [9.17, 15) is 9.59 Å². The van der Waals surface area contributed by atoms with E-state index in [0.29, 0.717) is 37.1 Å². The van der Waals surface area contributed by atoms with Gasteiger partial charge in [0.25, 0.3) is 5.91 Å². The van der Waals surface area contributed by atoms with Gasteiger partial charge in [0.15, 0.2) is 18.1 Å². The second-order valence-corrected chi connectivity index (χ2v) is 6.74. The molecule has 0 aliphatic carbocycles. The van der Waals surface area contributed by atoms with Crippen molar-refractivity contribution < 1.29 is 33.3 Å². The quantitative estimate of drug-likeness (QED) is 0.495. The lowest BCUT2D eigenvalue weighted by Gasteiger charge is -2.17. The average Bonchev–Trinajstić information content (AvgIpc) is 2.79. The van der Waals surface area contributed by atoms with Crippen molar-refractivity contribution in [3.8, 4) is 23.0 Å². The van der Waals surface area contributed by atoms with Gasteiger partial charge in [0.1, 0.15) is 5.75 Å². The van der Waals surface area contributed by atoms with Gasteiger partial charge in [0.05, 0.1) is 38.5 Å². The Kier molecular flexibility index (Phi) is 9.66. The summed E-state index contributed by atoms with van der Waals surface area (Å²) in [5.74, 6) is 0.841. The van der Waals surface area contributed by atoms with Crippen LogP contribution in [0.15, 0.2) is 36.4 Å². The van der Waals surface area contributed by atoms with Crippen LogP contribution in [0.2, 0.25) is 0 Å². The normalized spacial score (nSPS) is 11.3. The molecule has 0 radical (unpaired) electrons. The minimum Gasteiger partial charge on any atom is -0.497 e. The largest absolute Gasteiger partial charge is 0.497 e. The summed E-state index contributed by atoms with van der Waals surface area (Å²) in [5, 5.41) is 2.80. The first-order chi connectivity index (χ1) is 15.4. The molecule has 0 bridgehead atoms. The zero-order valence-electron chi connectivity index (χ0n) is 19.2. The van der Waals surface area contributed by atoms with Crippen LogP contribution >= 0.6 is 0 Å². The Hall–Kier alpha value is -3.42. The molecule has 0 aliphatic heterocycles. The van der Waals surface area contributed by atoms with Gasteiger partial charge < -0.3 is 29.0 Å². The van der Waals surface area contributed by atoms with Gasteiger partial charge in [-0.2, -0.15) is 0 Å². The highest BCUT2D eigenvalue weighted by Gasteiger charge is 2.20. The van der Waals surface area contributed by atoms with Gasteiger partial charge >= 0.3 is 5.97 Å². The highest BCUT2D eigenvalue weighted by Crippen LogP contribution is 2.39. The number of ether oxygens (including phenoxy) is 5. The van der Waals surface area contributed by atoms with Crippen molar-refractivity contribution in [2.45, 2.75) is 33.7 Å². The summed E-state index contributed by atoms with van der Waals surface area (Å²) in [5.41, 5.74) is 1.11. The minimum absolute atomic E-state index is 0.205. The van der Waals surface area contributed by atoms with E-state index in [-0.39, 0.29) is 11.6 Å².